The maximum absolute atomic E-state index is 4.70. The Hall–Kier alpha value is -2.75. The minimum absolute atomic E-state index is 0.799. The molecule has 0 aliphatic heterocycles. The van der Waals surface area contributed by atoms with E-state index in [9.17, 15) is 0 Å². The van der Waals surface area contributed by atoms with Gasteiger partial charge in [-0.1, -0.05) is 30.3 Å². The molecule has 2 heterocycles. The SMILES string of the molecule is c1ccc(Cc2cnc3cc4[nH]ncc4cc3n2)cc1. The molecule has 0 radical (unpaired) electrons. The molecule has 20 heavy (non-hydrogen) atoms. The molecular weight excluding hydrogens is 248 g/mol. The number of nitrogens with zero attached hydrogens (tertiary/aromatic N) is 3. The molecule has 0 saturated heterocycles. The zero-order valence-electron chi connectivity index (χ0n) is 10.7. The van der Waals surface area contributed by atoms with Crippen LogP contribution in [-0.2, 0) is 6.42 Å². The molecule has 0 atom stereocenters. The van der Waals surface area contributed by atoms with E-state index >= 15 is 0 Å². The summed E-state index contributed by atoms with van der Waals surface area (Å²) in [7, 11) is 0. The first-order chi connectivity index (χ1) is 9.88. The van der Waals surface area contributed by atoms with E-state index in [2.05, 4.69) is 27.3 Å². The smallest absolute Gasteiger partial charge is 0.0908 e. The van der Waals surface area contributed by atoms with Crippen LogP contribution in [0, 0.1) is 0 Å². The van der Waals surface area contributed by atoms with Crippen LogP contribution in [-0.4, -0.2) is 20.2 Å². The third-order valence-electron chi connectivity index (χ3n) is 3.38. The average Bonchev–Trinajstić information content (AvgIpc) is 2.93. The Morgan fingerprint density at radius 1 is 0.950 bits per heavy atom. The summed E-state index contributed by atoms with van der Waals surface area (Å²) in [6.07, 6.45) is 4.45. The summed E-state index contributed by atoms with van der Waals surface area (Å²) in [6, 6.07) is 14.3. The molecule has 0 aliphatic rings. The summed E-state index contributed by atoms with van der Waals surface area (Å²) in [5.41, 5.74) is 5.01. The lowest BCUT2D eigenvalue weighted by molar-refractivity contribution is 1.07. The number of benzene rings is 2. The van der Waals surface area contributed by atoms with E-state index in [-0.39, 0.29) is 0 Å². The second kappa shape index (κ2) is 4.42. The third-order valence-corrected chi connectivity index (χ3v) is 3.38. The van der Waals surface area contributed by atoms with Crippen LogP contribution < -0.4 is 0 Å². The van der Waals surface area contributed by atoms with Crippen molar-refractivity contribution in [2.24, 2.45) is 0 Å². The van der Waals surface area contributed by atoms with Gasteiger partial charge in [0.2, 0.25) is 0 Å². The zero-order chi connectivity index (χ0) is 13.4. The van der Waals surface area contributed by atoms with Crippen molar-refractivity contribution in [1.82, 2.24) is 20.2 Å². The average molecular weight is 260 g/mol. The molecule has 0 saturated carbocycles. The van der Waals surface area contributed by atoms with Crippen LogP contribution in [0.2, 0.25) is 0 Å². The number of H-pyrrole nitrogens is 1. The second-order valence-electron chi connectivity index (χ2n) is 4.82. The van der Waals surface area contributed by atoms with E-state index in [0.29, 0.717) is 0 Å². The highest BCUT2D eigenvalue weighted by Crippen LogP contribution is 2.18. The van der Waals surface area contributed by atoms with Gasteiger partial charge in [-0.05, 0) is 17.7 Å². The Morgan fingerprint density at radius 2 is 1.85 bits per heavy atom. The molecule has 96 valence electrons. The lowest BCUT2D eigenvalue weighted by Gasteiger charge is -2.03. The van der Waals surface area contributed by atoms with Crippen LogP contribution >= 0.6 is 0 Å². The highest BCUT2D eigenvalue weighted by atomic mass is 15.1. The van der Waals surface area contributed by atoms with Gasteiger partial charge in [-0.3, -0.25) is 10.1 Å². The Kier molecular flexibility index (Phi) is 2.45. The Morgan fingerprint density at radius 3 is 2.75 bits per heavy atom. The first kappa shape index (κ1) is 11.1. The summed E-state index contributed by atoms with van der Waals surface area (Å²) in [6.45, 7) is 0. The summed E-state index contributed by atoms with van der Waals surface area (Å²) >= 11 is 0. The van der Waals surface area contributed by atoms with E-state index in [0.717, 1.165) is 34.1 Å². The van der Waals surface area contributed by atoms with Gasteiger partial charge in [0.25, 0.3) is 0 Å². The number of hydrogen-bond acceptors (Lipinski definition) is 3. The monoisotopic (exact) mass is 260 g/mol. The van der Waals surface area contributed by atoms with Crippen molar-refractivity contribution in [3.05, 3.63) is 66.1 Å². The number of aromatic amines is 1. The largest absolute Gasteiger partial charge is 0.278 e. The number of aromatic nitrogens is 4. The van der Waals surface area contributed by atoms with Crippen LogP contribution in [0.15, 0.2) is 54.9 Å². The van der Waals surface area contributed by atoms with Gasteiger partial charge < -0.3 is 0 Å². The van der Waals surface area contributed by atoms with Crippen LogP contribution in [0.3, 0.4) is 0 Å². The van der Waals surface area contributed by atoms with Crippen molar-refractivity contribution in [2.45, 2.75) is 6.42 Å². The lowest BCUT2D eigenvalue weighted by Crippen LogP contribution is -1.94. The lowest BCUT2D eigenvalue weighted by atomic mass is 10.1. The van der Waals surface area contributed by atoms with Crippen LogP contribution in [0.4, 0.5) is 0 Å². The topological polar surface area (TPSA) is 54.5 Å². The molecule has 0 unspecified atom stereocenters. The highest BCUT2D eigenvalue weighted by molar-refractivity contribution is 5.92. The molecule has 1 N–H and O–H groups in total. The van der Waals surface area contributed by atoms with E-state index in [4.69, 9.17) is 4.98 Å². The van der Waals surface area contributed by atoms with Crippen LogP contribution in [0.5, 0.6) is 0 Å². The summed E-state index contributed by atoms with van der Waals surface area (Å²) in [5, 5.41) is 8.04. The molecule has 4 rings (SSSR count). The third kappa shape index (κ3) is 1.91. The fourth-order valence-electron chi connectivity index (χ4n) is 2.38. The van der Waals surface area contributed by atoms with Gasteiger partial charge in [0.1, 0.15) is 0 Å². The number of fused-ring (bicyclic) bond motifs is 2. The normalized spacial score (nSPS) is 11.2. The molecule has 4 heteroatoms. The van der Waals surface area contributed by atoms with E-state index in [1.165, 1.54) is 5.56 Å². The Balaban J connectivity index is 1.79. The van der Waals surface area contributed by atoms with Crippen LogP contribution in [0.25, 0.3) is 21.9 Å². The molecule has 0 fully saturated rings. The van der Waals surface area contributed by atoms with Crippen LogP contribution in [0.1, 0.15) is 11.3 Å². The van der Waals surface area contributed by atoms with E-state index in [1.54, 1.807) is 6.20 Å². The van der Waals surface area contributed by atoms with Crippen molar-refractivity contribution in [3.63, 3.8) is 0 Å². The molecule has 4 nitrogen and oxygen atoms in total. The predicted octanol–water partition coefficient (Wildman–Crippen LogP) is 3.10. The van der Waals surface area contributed by atoms with Gasteiger partial charge in [0.15, 0.2) is 0 Å². The Labute approximate surface area is 115 Å². The van der Waals surface area contributed by atoms with Gasteiger partial charge >= 0.3 is 0 Å². The molecule has 0 aliphatic carbocycles. The minimum Gasteiger partial charge on any atom is -0.278 e. The fourth-order valence-corrected chi connectivity index (χ4v) is 2.38. The van der Waals surface area contributed by atoms with Gasteiger partial charge in [-0.2, -0.15) is 5.10 Å². The van der Waals surface area contributed by atoms with Crippen molar-refractivity contribution in [2.75, 3.05) is 0 Å². The molecular formula is C16H12N4. The van der Waals surface area contributed by atoms with Crippen molar-refractivity contribution in [1.29, 1.82) is 0 Å². The first-order valence-electron chi connectivity index (χ1n) is 6.51. The molecule has 2 aromatic heterocycles. The molecule has 0 spiro atoms. The zero-order valence-corrected chi connectivity index (χ0v) is 10.7. The summed E-state index contributed by atoms with van der Waals surface area (Å²) in [5.74, 6) is 0. The number of hydrogen-bond donors (Lipinski definition) is 1. The molecule has 0 bridgehead atoms. The van der Waals surface area contributed by atoms with E-state index in [1.807, 2.05) is 36.5 Å². The van der Waals surface area contributed by atoms with Crippen molar-refractivity contribution < 1.29 is 0 Å². The van der Waals surface area contributed by atoms with Gasteiger partial charge in [0, 0.05) is 18.0 Å². The van der Waals surface area contributed by atoms with E-state index < -0.39 is 0 Å². The summed E-state index contributed by atoms with van der Waals surface area (Å²) in [4.78, 5) is 9.19. The standard InChI is InChI=1S/C16H12N4/c1-2-4-11(5-3-1)6-13-10-17-15-8-14-12(9-18-20-14)7-16(15)19-13/h1-5,7-10H,6H2,(H,18,20). The first-order valence-corrected chi connectivity index (χ1v) is 6.51. The Bertz CT molecular complexity index is 881. The van der Waals surface area contributed by atoms with Crippen molar-refractivity contribution >= 4 is 21.9 Å². The maximum Gasteiger partial charge on any atom is 0.0908 e. The van der Waals surface area contributed by atoms with Gasteiger partial charge in [-0.15, -0.1) is 0 Å². The number of rotatable bonds is 2. The quantitative estimate of drug-likeness (QED) is 0.602. The van der Waals surface area contributed by atoms with Gasteiger partial charge in [0.05, 0.1) is 28.4 Å². The van der Waals surface area contributed by atoms with Crippen molar-refractivity contribution in [3.8, 4) is 0 Å². The predicted molar refractivity (Wildman–Crippen MR) is 78.4 cm³/mol. The fraction of sp³-hybridized carbons (Fsp3) is 0.0625. The molecule has 0 amide bonds. The minimum atomic E-state index is 0.799. The maximum atomic E-state index is 4.70. The number of nitrogens with one attached hydrogen (secondary N) is 1. The molecule has 2 aromatic carbocycles. The molecule has 4 aromatic rings. The summed E-state index contributed by atoms with van der Waals surface area (Å²) < 4.78 is 0. The van der Waals surface area contributed by atoms with Gasteiger partial charge in [-0.25, -0.2) is 4.98 Å². The second-order valence-corrected chi connectivity index (χ2v) is 4.82. The highest BCUT2D eigenvalue weighted by Gasteiger charge is 2.04.